The molecule has 160 valence electrons. The smallest absolute Gasteiger partial charge is 0.475 e. The number of carbonyl (C=O) groups excluding carboxylic acids is 1. The molecule has 3 aromatic rings. The Morgan fingerprint density at radius 3 is 2.58 bits per heavy atom. The molecular weight excluding hydrogens is 417 g/mol. The first-order chi connectivity index (χ1) is 14.8. The van der Waals surface area contributed by atoms with Crippen molar-refractivity contribution in [2.24, 2.45) is 0 Å². The van der Waals surface area contributed by atoms with Crippen molar-refractivity contribution in [1.29, 1.82) is 0 Å². The van der Waals surface area contributed by atoms with Crippen molar-refractivity contribution >= 4 is 11.6 Å². The third-order valence-electron chi connectivity index (χ3n) is 4.29. The lowest BCUT2D eigenvalue weighted by atomic mass is 10.0. The Labute approximate surface area is 174 Å². The zero-order chi connectivity index (χ0) is 22.0. The van der Waals surface area contributed by atoms with Crippen LogP contribution in [0.1, 0.15) is 10.4 Å². The summed E-state index contributed by atoms with van der Waals surface area (Å²) in [5.74, 6) is -0.292. The second-order valence-electron chi connectivity index (χ2n) is 6.43. The Morgan fingerprint density at radius 1 is 1.03 bits per heavy atom. The molecule has 0 saturated carbocycles. The Kier molecular flexibility index (Phi) is 5.38. The fraction of sp³-hybridized carbons (Fsp3) is 0.143. The van der Waals surface area contributed by atoms with Crippen molar-refractivity contribution < 1.29 is 37.3 Å². The van der Waals surface area contributed by atoms with Gasteiger partial charge in [0.15, 0.2) is 5.75 Å². The summed E-state index contributed by atoms with van der Waals surface area (Å²) in [6.07, 6.45) is -3.33. The summed E-state index contributed by atoms with van der Waals surface area (Å²) >= 11 is 0. The second-order valence-corrected chi connectivity index (χ2v) is 6.43. The molecule has 0 radical (unpaired) electrons. The molecule has 1 aromatic heterocycles. The highest BCUT2D eigenvalue weighted by molar-refractivity contribution is 6.08. The van der Waals surface area contributed by atoms with Crippen molar-refractivity contribution in [2.75, 3.05) is 18.5 Å². The summed E-state index contributed by atoms with van der Waals surface area (Å²) in [5, 5.41) is 11.4. The van der Waals surface area contributed by atoms with Gasteiger partial charge in [0.25, 0.3) is 5.91 Å². The van der Waals surface area contributed by atoms with Gasteiger partial charge in [0, 0.05) is 18.3 Å². The number of hydrogen-bond acceptors (Lipinski definition) is 6. The fourth-order valence-corrected chi connectivity index (χ4v) is 3.00. The van der Waals surface area contributed by atoms with E-state index in [-0.39, 0.29) is 36.0 Å². The van der Waals surface area contributed by atoms with Crippen LogP contribution in [0, 0.1) is 0 Å². The van der Waals surface area contributed by atoms with Gasteiger partial charge in [-0.25, -0.2) is 4.98 Å². The molecule has 2 N–H and O–H groups in total. The van der Waals surface area contributed by atoms with Crippen LogP contribution in [0.5, 0.6) is 23.1 Å². The predicted octanol–water partition coefficient (Wildman–Crippen LogP) is 4.38. The summed E-state index contributed by atoms with van der Waals surface area (Å²) in [6, 6.07) is 11.7. The lowest BCUT2D eigenvalue weighted by Gasteiger charge is -2.12. The van der Waals surface area contributed by atoms with Crippen LogP contribution in [0.3, 0.4) is 0 Å². The zero-order valence-electron chi connectivity index (χ0n) is 15.8. The van der Waals surface area contributed by atoms with Gasteiger partial charge >= 0.3 is 6.36 Å². The number of anilines is 1. The van der Waals surface area contributed by atoms with E-state index in [1.807, 2.05) is 0 Å². The van der Waals surface area contributed by atoms with E-state index in [2.05, 4.69) is 15.0 Å². The molecular formula is C21H15F3N2O5. The van der Waals surface area contributed by atoms with Crippen LogP contribution in [-0.2, 0) is 0 Å². The minimum Gasteiger partial charge on any atom is -0.475 e. The lowest BCUT2D eigenvalue weighted by molar-refractivity contribution is -0.274. The highest BCUT2D eigenvalue weighted by Gasteiger charge is 2.32. The SMILES string of the molecule is O=C1Nc2cc(OC(F)(F)F)ccc2Oc2ccc(-c3ccnc(OCCO)c3)cc21. The molecule has 2 aromatic carbocycles. The third kappa shape index (κ3) is 4.69. The molecule has 0 aliphatic carbocycles. The number of carbonyl (C=O) groups is 1. The largest absolute Gasteiger partial charge is 0.573 e. The molecule has 1 aliphatic heterocycles. The summed E-state index contributed by atoms with van der Waals surface area (Å²) in [6.45, 7) is -0.0618. The topological polar surface area (TPSA) is 89.9 Å². The van der Waals surface area contributed by atoms with Gasteiger partial charge in [-0.15, -0.1) is 13.2 Å². The summed E-state index contributed by atoms with van der Waals surface area (Å²) in [7, 11) is 0. The highest BCUT2D eigenvalue weighted by atomic mass is 19.4. The van der Waals surface area contributed by atoms with Crippen LogP contribution in [-0.4, -0.2) is 35.6 Å². The second kappa shape index (κ2) is 8.15. The summed E-state index contributed by atoms with van der Waals surface area (Å²) < 4.78 is 52.4. The normalized spacial score (nSPS) is 12.7. The van der Waals surface area contributed by atoms with Gasteiger partial charge in [0.2, 0.25) is 5.88 Å². The molecule has 10 heteroatoms. The van der Waals surface area contributed by atoms with E-state index >= 15 is 0 Å². The number of aliphatic hydroxyl groups excluding tert-OH is 1. The Balaban J connectivity index is 1.64. The van der Waals surface area contributed by atoms with Gasteiger partial charge in [0.1, 0.15) is 18.1 Å². The molecule has 0 saturated heterocycles. The number of benzene rings is 2. The number of aliphatic hydroxyl groups is 1. The monoisotopic (exact) mass is 432 g/mol. The number of ether oxygens (including phenoxy) is 3. The zero-order valence-corrected chi connectivity index (χ0v) is 15.8. The van der Waals surface area contributed by atoms with E-state index in [4.69, 9.17) is 14.6 Å². The average molecular weight is 432 g/mol. The number of amides is 1. The number of fused-ring (bicyclic) bond motifs is 2. The fourth-order valence-electron chi connectivity index (χ4n) is 3.00. The maximum atomic E-state index is 12.7. The van der Waals surface area contributed by atoms with Crippen molar-refractivity contribution in [3.63, 3.8) is 0 Å². The van der Waals surface area contributed by atoms with Gasteiger partial charge in [-0.3, -0.25) is 4.79 Å². The molecule has 31 heavy (non-hydrogen) atoms. The molecule has 4 rings (SSSR count). The van der Waals surface area contributed by atoms with E-state index in [0.29, 0.717) is 17.0 Å². The number of pyridine rings is 1. The first-order valence-electron chi connectivity index (χ1n) is 9.05. The van der Waals surface area contributed by atoms with Crippen LogP contribution in [0.15, 0.2) is 54.7 Å². The van der Waals surface area contributed by atoms with E-state index in [0.717, 1.165) is 12.1 Å². The Bertz CT molecular complexity index is 1130. The lowest BCUT2D eigenvalue weighted by Crippen LogP contribution is -2.17. The van der Waals surface area contributed by atoms with Crippen LogP contribution < -0.4 is 19.5 Å². The molecule has 0 fully saturated rings. The van der Waals surface area contributed by atoms with Crippen molar-refractivity contribution in [2.45, 2.75) is 6.36 Å². The molecule has 0 bridgehead atoms. The van der Waals surface area contributed by atoms with Crippen LogP contribution >= 0.6 is 0 Å². The molecule has 0 atom stereocenters. The van der Waals surface area contributed by atoms with Crippen LogP contribution in [0.2, 0.25) is 0 Å². The molecule has 1 aliphatic rings. The van der Waals surface area contributed by atoms with Crippen molar-refractivity contribution in [3.8, 4) is 34.3 Å². The number of halogens is 3. The van der Waals surface area contributed by atoms with E-state index < -0.39 is 18.0 Å². The van der Waals surface area contributed by atoms with Gasteiger partial charge in [-0.05, 0) is 41.5 Å². The van der Waals surface area contributed by atoms with E-state index in [1.54, 1.807) is 30.3 Å². The molecule has 2 heterocycles. The maximum absolute atomic E-state index is 12.7. The van der Waals surface area contributed by atoms with E-state index in [1.165, 1.54) is 12.3 Å². The standard InChI is InChI=1S/C21H15F3N2O5/c22-21(23,24)31-14-2-4-18-16(11-14)26-20(28)15-9-12(1-3-17(15)30-18)13-5-6-25-19(10-13)29-8-7-27/h1-6,9-11,27H,7-8H2,(H,26,28). The minimum absolute atomic E-state index is 0.0492. The number of hydrogen-bond donors (Lipinski definition) is 2. The Hall–Kier alpha value is -3.79. The summed E-state index contributed by atoms with van der Waals surface area (Å²) in [4.78, 5) is 16.8. The summed E-state index contributed by atoms with van der Waals surface area (Å²) in [5.41, 5.74) is 1.62. The van der Waals surface area contributed by atoms with Gasteiger partial charge in [-0.2, -0.15) is 0 Å². The van der Waals surface area contributed by atoms with Gasteiger partial charge in [-0.1, -0.05) is 6.07 Å². The van der Waals surface area contributed by atoms with E-state index in [9.17, 15) is 18.0 Å². The first-order valence-corrected chi connectivity index (χ1v) is 9.05. The van der Waals surface area contributed by atoms with Crippen molar-refractivity contribution in [1.82, 2.24) is 4.98 Å². The number of aromatic nitrogens is 1. The predicted molar refractivity (Wildman–Crippen MR) is 103 cm³/mol. The Morgan fingerprint density at radius 2 is 1.81 bits per heavy atom. The number of nitrogens with one attached hydrogen (secondary N) is 1. The van der Waals surface area contributed by atoms with Crippen LogP contribution in [0.25, 0.3) is 11.1 Å². The first kappa shape index (κ1) is 20.5. The molecule has 0 unspecified atom stereocenters. The number of nitrogens with zero attached hydrogens (tertiary/aromatic N) is 1. The minimum atomic E-state index is -4.86. The number of rotatable bonds is 5. The van der Waals surface area contributed by atoms with Gasteiger partial charge < -0.3 is 24.6 Å². The quantitative estimate of drug-likeness (QED) is 0.622. The average Bonchev–Trinajstić information content (AvgIpc) is 2.86. The third-order valence-corrected chi connectivity index (χ3v) is 4.29. The molecule has 1 amide bonds. The van der Waals surface area contributed by atoms with Gasteiger partial charge in [0.05, 0.1) is 17.9 Å². The number of alkyl halides is 3. The highest BCUT2D eigenvalue weighted by Crippen LogP contribution is 2.40. The van der Waals surface area contributed by atoms with Crippen LogP contribution in [0.4, 0.5) is 18.9 Å². The molecule has 7 nitrogen and oxygen atoms in total. The maximum Gasteiger partial charge on any atom is 0.573 e. The van der Waals surface area contributed by atoms with Crippen molar-refractivity contribution in [3.05, 3.63) is 60.3 Å². The molecule has 0 spiro atoms.